The topological polar surface area (TPSA) is 66.9 Å². The molecule has 3 rings (SSSR count). The molecule has 0 spiro atoms. The molecule has 1 aliphatic carbocycles. The van der Waals surface area contributed by atoms with Crippen LogP contribution in [0.2, 0.25) is 5.02 Å². The normalized spacial score (nSPS) is 15.5. The Balaban J connectivity index is 1.60. The van der Waals surface area contributed by atoms with E-state index in [0.717, 1.165) is 5.82 Å². The van der Waals surface area contributed by atoms with Crippen LogP contribution in [0.25, 0.3) is 0 Å². The highest BCUT2D eigenvalue weighted by Gasteiger charge is 2.13. The van der Waals surface area contributed by atoms with Crippen LogP contribution in [0.15, 0.2) is 36.4 Å². The number of benzene rings is 1. The molecule has 1 heterocycles. The highest BCUT2D eigenvalue weighted by atomic mass is 35.5. The number of hydrogen-bond donors (Lipinski definition) is 2. The van der Waals surface area contributed by atoms with Gasteiger partial charge >= 0.3 is 0 Å². The summed E-state index contributed by atoms with van der Waals surface area (Å²) in [7, 11) is 0. The van der Waals surface area contributed by atoms with E-state index in [-0.39, 0.29) is 5.91 Å². The summed E-state index contributed by atoms with van der Waals surface area (Å²) >= 11 is 6.03. The molecule has 2 N–H and O–H groups in total. The first-order valence-electron chi connectivity index (χ1n) is 8.38. The summed E-state index contributed by atoms with van der Waals surface area (Å²) < 4.78 is 0. The number of aromatic nitrogens is 2. The van der Waals surface area contributed by atoms with Gasteiger partial charge in [0.25, 0.3) is 5.91 Å². The molecule has 1 saturated carbocycles. The van der Waals surface area contributed by atoms with Crippen molar-refractivity contribution in [1.29, 1.82) is 0 Å². The molecule has 0 radical (unpaired) electrons. The minimum absolute atomic E-state index is 0.292. The van der Waals surface area contributed by atoms with Crippen LogP contribution in [0.3, 0.4) is 0 Å². The van der Waals surface area contributed by atoms with Crippen molar-refractivity contribution in [1.82, 2.24) is 10.2 Å². The van der Waals surface area contributed by atoms with Gasteiger partial charge in [-0.1, -0.05) is 49.4 Å². The smallest absolute Gasteiger partial charge is 0.258 e. The third-order valence-electron chi connectivity index (χ3n) is 4.23. The number of anilines is 2. The zero-order valence-corrected chi connectivity index (χ0v) is 14.2. The van der Waals surface area contributed by atoms with Crippen LogP contribution < -0.4 is 10.6 Å². The minimum atomic E-state index is -0.292. The van der Waals surface area contributed by atoms with Crippen molar-refractivity contribution in [2.24, 2.45) is 0 Å². The van der Waals surface area contributed by atoms with Crippen molar-refractivity contribution >= 4 is 29.1 Å². The highest BCUT2D eigenvalue weighted by molar-refractivity contribution is 6.34. The number of nitrogens with zero attached hydrogens (tertiary/aromatic N) is 2. The van der Waals surface area contributed by atoms with E-state index in [1.54, 1.807) is 30.3 Å². The molecule has 0 aliphatic heterocycles. The van der Waals surface area contributed by atoms with Crippen molar-refractivity contribution in [2.75, 3.05) is 10.6 Å². The van der Waals surface area contributed by atoms with Gasteiger partial charge < -0.3 is 10.6 Å². The summed E-state index contributed by atoms with van der Waals surface area (Å²) in [4.78, 5) is 12.2. The Morgan fingerprint density at radius 1 is 0.958 bits per heavy atom. The largest absolute Gasteiger partial charge is 0.366 e. The van der Waals surface area contributed by atoms with E-state index in [1.165, 1.54) is 38.5 Å². The Morgan fingerprint density at radius 2 is 1.62 bits per heavy atom. The molecular weight excluding hydrogens is 324 g/mol. The van der Waals surface area contributed by atoms with Crippen molar-refractivity contribution < 1.29 is 4.79 Å². The van der Waals surface area contributed by atoms with Gasteiger partial charge in [0.1, 0.15) is 5.82 Å². The zero-order valence-electron chi connectivity index (χ0n) is 13.5. The lowest BCUT2D eigenvalue weighted by molar-refractivity contribution is 0.102. The molecule has 0 bridgehead atoms. The maximum absolute atomic E-state index is 12.2. The molecule has 5 nitrogen and oxygen atoms in total. The average molecular weight is 345 g/mol. The molecule has 6 heteroatoms. The Morgan fingerprint density at radius 3 is 2.29 bits per heavy atom. The number of carbonyl (C=O) groups excluding carboxylic acids is 1. The van der Waals surface area contributed by atoms with E-state index in [9.17, 15) is 4.79 Å². The van der Waals surface area contributed by atoms with Crippen molar-refractivity contribution in [3.05, 3.63) is 47.0 Å². The SMILES string of the molecule is O=C(Nc1ccc(NC2CCCCCC2)nn1)c1ccccc1Cl. The van der Waals surface area contributed by atoms with Gasteiger partial charge in [0, 0.05) is 6.04 Å². The Bertz CT molecular complexity index is 682. The second-order valence-corrected chi connectivity index (χ2v) is 6.48. The Labute approximate surface area is 146 Å². The molecule has 1 aromatic carbocycles. The quantitative estimate of drug-likeness (QED) is 0.800. The van der Waals surface area contributed by atoms with Crippen molar-refractivity contribution in [3.8, 4) is 0 Å². The van der Waals surface area contributed by atoms with Crippen LogP contribution >= 0.6 is 11.6 Å². The van der Waals surface area contributed by atoms with E-state index < -0.39 is 0 Å². The van der Waals surface area contributed by atoms with E-state index in [1.807, 2.05) is 6.07 Å². The van der Waals surface area contributed by atoms with Gasteiger partial charge in [-0.15, -0.1) is 10.2 Å². The molecule has 126 valence electrons. The number of nitrogens with one attached hydrogen (secondary N) is 2. The molecule has 24 heavy (non-hydrogen) atoms. The second-order valence-electron chi connectivity index (χ2n) is 6.07. The molecular formula is C18H21ClN4O. The third-order valence-corrected chi connectivity index (χ3v) is 4.56. The second kappa shape index (κ2) is 8.11. The lowest BCUT2D eigenvalue weighted by Crippen LogP contribution is -2.19. The lowest BCUT2D eigenvalue weighted by atomic mass is 10.1. The summed E-state index contributed by atoms with van der Waals surface area (Å²) in [6, 6.07) is 11.0. The molecule has 0 unspecified atom stereocenters. The lowest BCUT2D eigenvalue weighted by Gasteiger charge is -2.16. The molecule has 2 aromatic rings. The molecule has 1 aromatic heterocycles. The van der Waals surface area contributed by atoms with Crippen LogP contribution in [0, 0.1) is 0 Å². The monoisotopic (exact) mass is 344 g/mol. The predicted octanol–water partition coefficient (Wildman–Crippen LogP) is 4.52. The maximum atomic E-state index is 12.2. The van der Waals surface area contributed by atoms with E-state index in [0.29, 0.717) is 22.4 Å². The van der Waals surface area contributed by atoms with Crippen molar-refractivity contribution in [3.63, 3.8) is 0 Å². The van der Waals surface area contributed by atoms with Crippen LogP contribution in [0.1, 0.15) is 48.9 Å². The molecule has 1 amide bonds. The van der Waals surface area contributed by atoms with Crippen LogP contribution in [-0.2, 0) is 0 Å². The highest BCUT2D eigenvalue weighted by Crippen LogP contribution is 2.21. The first-order chi connectivity index (χ1) is 11.7. The summed E-state index contributed by atoms with van der Waals surface area (Å²) in [5, 5.41) is 14.8. The molecule has 1 aliphatic rings. The molecule has 0 saturated heterocycles. The van der Waals surface area contributed by atoms with Crippen LogP contribution in [0.5, 0.6) is 0 Å². The van der Waals surface area contributed by atoms with Gasteiger partial charge in [0.05, 0.1) is 10.6 Å². The fourth-order valence-corrected chi connectivity index (χ4v) is 3.16. The number of halogens is 1. The average Bonchev–Trinajstić information content (AvgIpc) is 2.86. The predicted molar refractivity (Wildman–Crippen MR) is 96.5 cm³/mol. The number of amides is 1. The minimum Gasteiger partial charge on any atom is -0.366 e. The fourth-order valence-electron chi connectivity index (χ4n) is 2.94. The number of hydrogen-bond acceptors (Lipinski definition) is 4. The number of rotatable bonds is 4. The summed E-state index contributed by atoms with van der Waals surface area (Å²) in [6.45, 7) is 0. The first kappa shape index (κ1) is 16.7. The van der Waals surface area contributed by atoms with E-state index >= 15 is 0 Å². The van der Waals surface area contributed by atoms with Gasteiger partial charge in [0.2, 0.25) is 0 Å². The Kier molecular flexibility index (Phi) is 5.64. The van der Waals surface area contributed by atoms with E-state index in [4.69, 9.17) is 11.6 Å². The van der Waals surface area contributed by atoms with Gasteiger partial charge in [-0.05, 0) is 37.1 Å². The summed E-state index contributed by atoms with van der Waals surface area (Å²) in [5.41, 5.74) is 0.418. The summed E-state index contributed by atoms with van der Waals surface area (Å²) in [6.07, 6.45) is 7.50. The van der Waals surface area contributed by atoms with Crippen LogP contribution in [0.4, 0.5) is 11.6 Å². The molecule has 0 atom stereocenters. The Hall–Kier alpha value is -2.14. The zero-order chi connectivity index (χ0) is 16.8. The fraction of sp³-hybridized carbons (Fsp3) is 0.389. The van der Waals surface area contributed by atoms with Gasteiger partial charge in [-0.25, -0.2) is 0 Å². The standard InChI is InChI=1S/C18H21ClN4O/c19-15-10-6-5-9-14(15)18(24)21-17-12-11-16(22-23-17)20-13-7-3-1-2-4-8-13/h5-6,9-13H,1-4,7-8H2,(H,20,22)(H,21,23,24). The van der Waals surface area contributed by atoms with Gasteiger partial charge in [-0.2, -0.15) is 0 Å². The summed E-state index contributed by atoms with van der Waals surface area (Å²) in [5.74, 6) is 0.864. The van der Waals surface area contributed by atoms with Gasteiger partial charge in [-0.3, -0.25) is 4.79 Å². The first-order valence-corrected chi connectivity index (χ1v) is 8.76. The van der Waals surface area contributed by atoms with E-state index in [2.05, 4.69) is 20.8 Å². The van der Waals surface area contributed by atoms with Gasteiger partial charge in [0.15, 0.2) is 5.82 Å². The van der Waals surface area contributed by atoms with Crippen LogP contribution in [-0.4, -0.2) is 22.1 Å². The maximum Gasteiger partial charge on any atom is 0.258 e. The third kappa shape index (κ3) is 4.45. The van der Waals surface area contributed by atoms with Crippen molar-refractivity contribution in [2.45, 2.75) is 44.6 Å². The number of carbonyl (C=O) groups is 1. The molecule has 1 fully saturated rings.